The summed E-state index contributed by atoms with van der Waals surface area (Å²) in [5, 5.41) is 0. The quantitative estimate of drug-likeness (QED) is 0.236. The number of aryl methyl sites for hydroxylation is 1. The lowest BCUT2D eigenvalue weighted by Crippen LogP contribution is -2.08. The van der Waals surface area contributed by atoms with E-state index < -0.39 is 0 Å². The Hall–Kier alpha value is -3.91. The van der Waals surface area contributed by atoms with Crippen LogP contribution in [0.1, 0.15) is 22.3 Å². The van der Waals surface area contributed by atoms with E-state index in [2.05, 4.69) is 129 Å². The predicted molar refractivity (Wildman–Crippen MR) is 139 cm³/mol. The van der Waals surface area contributed by atoms with Crippen LogP contribution in [0.4, 0.5) is 11.4 Å². The van der Waals surface area contributed by atoms with Crippen molar-refractivity contribution in [3.8, 4) is 0 Å². The maximum atomic E-state index is 5.13. The van der Waals surface area contributed by atoms with E-state index in [1.54, 1.807) is 0 Å². The molecule has 2 nitrogen and oxygen atoms in total. The molecule has 0 heterocycles. The van der Waals surface area contributed by atoms with Crippen LogP contribution in [0, 0.1) is 6.92 Å². The molecule has 0 atom stereocenters. The minimum atomic E-state index is 0.944. The van der Waals surface area contributed by atoms with Crippen molar-refractivity contribution in [3.63, 3.8) is 0 Å². The fourth-order valence-corrected chi connectivity index (χ4v) is 3.57. The zero-order valence-corrected chi connectivity index (χ0v) is 18.9. The summed E-state index contributed by atoms with van der Waals surface area (Å²) >= 11 is 0. The highest BCUT2D eigenvalue weighted by Gasteiger charge is 2.13. The molecule has 0 radical (unpaired) electrons. The van der Waals surface area contributed by atoms with E-state index in [4.69, 9.17) is 4.99 Å². The molecule has 32 heavy (non-hydrogen) atoms. The van der Waals surface area contributed by atoms with E-state index in [1.165, 1.54) is 11.3 Å². The van der Waals surface area contributed by atoms with Gasteiger partial charge in [0, 0.05) is 30.9 Å². The maximum absolute atomic E-state index is 5.13. The molecule has 0 amide bonds. The highest BCUT2D eigenvalue weighted by Crippen LogP contribution is 2.27. The summed E-state index contributed by atoms with van der Waals surface area (Å²) in [7, 11) is 4.12. The van der Waals surface area contributed by atoms with Crippen molar-refractivity contribution < 1.29 is 0 Å². The SMILES string of the molecule is Cc1ccc(N=C(/C(=C/c2ccc(N(C)C)cc2)c2ccccc2)c2ccccc2)cc1. The molecule has 4 rings (SSSR count). The van der Waals surface area contributed by atoms with Gasteiger partial charge in [0.2, 0.25) is 0 Å². The summed E-state index contributed by atoms with van der Waals surface area (Å²) in [6, 6.07) is 37.9. The van der Waals surface area contributed by atoms with Crippen LogP contribution in [0.3, 0.4) is 0 Å². The van der Waals surface area contributed by atoms with Crippen LogP contribution in [0.5, 0.6) is 0 Å². The van der Waals surface area contributed by atoms with Crippen LogP contribution < -0.4 is 4.90 Å². The first-order valence-electron chi connectivity index (χ1n) is 10.9. The normalized spacial score (nSPS) is 12.0. The van der Waals surface area contributed by atoms with Crippen molar-refractivity contribution in [2.24, 2.45) is 4.99 Å². The zero-order chi connectivity index (χ0) is 22.3. The second-order valence-electron chi connectivity index (χ2n) is 8.07. The van der Waals surface area contributed by atoms with Gasteiger partial charge in [0.15, 0.2) is 0 Å². The third kappa shape index (κ3) is 5.22. The number of allylic oxidation sites excluding steroid dienone is 1. The molecule has 158 valence electrons. The van der Waals surface area contributed by atoms with Gasteiger partial charge in [-0.3, -0.25) is 0 Å². The van der Waals surface area contributed by atoms with Crippen molar-refractivity contribution in [1.82, 2.24) is 0 Å². The predicted octanol–water partition coefficient (Wildman–Crippen LogP) is 7.42. The number of anilines is 1. The molecule has 0 saturated heterocycles. The lowest BCUT2D eigenvalue weighted by molar-refractivity contribution is 1.13. The molecule has 0 aliphatic rings. The Kier molecular flexibility index (Phi) is 6.62. The lowest BCUT2D eigenvalue weighted by atomic mass is 9.93. The van der Waals surface area contributed by atoms with Gasteiger partial charge in [0.1, 0.15) is 0 Å². The van der Waals surface area contributed by atoms with Gasteiger partial charge in [-0.1, -0.05) is 90.5 Å². The average molecular weight is 417 g/mol. The van der Waals surface area contributed by atoms with Crippen LogP contribution >= 0.6 is 0 Å². The van der Waals surface area contributed by atoms with E-state index >= 15 is 0 Å². The third-order valence-corrected chi connectivity index (χ3v) is 5.38. The summed E-state index contributed by atoms with van der Waals surface area (Å²) in [4.78, 5) is 7.24. The van der Waals surface area contributed by atoms with Crippen LogP contribution in [-0.2, 0) is 0 Å². The summed E-state index contributed by atoms with van der Waals surface area (Å²) in [5.41, 5.74) is 8.77. The Balaban J connectivity index is 1.90. The fourth-order valence-electron chi connectivity index (χ4n) is 3.57. The van der Waals surface area contributed by atoms with Gasteiger partial charge in [0.05, 0.1) is 11.4 Å². The average Bonchev–Trinajstić information content (AvgIpc) is 2.84. The van der Waals surface area contributed by atoms with E-state index in [0.29, 0.717) is 0 Å². The van der Waals surface area contributed by atoms with Gasteiger partial charge in [0.25, 0.3) is 0 Å². The maximum Gasteiger partial charge on any atom is 0.0787 e. The Bertz CT molecular complexity index is 1200. The molecule has 0 aromatic heterocycles. The molecular weight excluding hydrogens is 388 g/mol. The monoisotopic (exact) mass is 416 g/mol. The molecule has 0 fully saturated rings. The first-order valence-corrected chi connectivity index (χ1v) is 10.9. The zero-order valence-electron chi connectivity index (χ0n) is 18.9. The summed E-state index contributed by atoms with van der Waals surface area (Å²) < 4.78 is 0. The number of aliphatic imine (C=N–C) groups is 1. The molecule has 0 N–H and O–H groups in total. The molecule has 2 heteroatoms. The van der Waals surface area contributed by atoms with Crippen molar-refractivity contribution in [3.05, 3.63) is 131 Å². The number of hydrogen-bond acceptors (Lipinski definition) is 2. The Morgan fingerprint density at radius 1 is 0.656 bits per heavy atom. The van der Waals surface area contributed by atoms with E-state index in [0.717, 1.165) is 33.7 Å². The molecule has 0 spiro atoms. The number of benzene rings is 4. The highest BCUT2D eigenvalue weighted by molar-refractivity contribution is 6.35. The van der Waals surface area contributed by atoms with Gasteiger partial charge in [-0.05, 0) is 48.4 Å². The molecular formula is C30H28N2. The van der Waals surface area contributed by atoms with E-state index in [9.17, 15) is 0 Å². The first kappa shape index (κ1) is 21.3. The second-order valence-corrected chi connectivity index (χ2v) is 8.07. The van der Waals surface area contributed by atoms with Crippen molar-refractivity contribution in [2.45, 2.75) is 6.92 Å². The molecule has 0 saturated carbocycles. The molecule has 0 bridgehead atoms. The van der Waals surface area contributed by atoms with Gasteiger partial charge < -0.3 is 4.90 Å². The Morgan fingerprint density at radius 3 is 1.78 bits per heavy atom. The standard InChI is InChI=1S/C30H28N2/c1-23-14-18-27(19-15-23)31-30(26-12-8-5-9-13-26)29(25-10-6-4-7-11-25)22-24-16-20-28(21-17-24)32(2)3/h4-22H,1-3H3/b29-22+,31-30?. The van der Waals surface area contributed by atoms with E-state index in [1.807, 2.05) is 12.1 Å². The largest absolute Gasteiger partial charge is 0.378 e. The minimum Gasteiger partial charge on any atom is -0.378 e. The lowest BCUT2D eigenvalue weighted by Gasteiger charge is -2.15. The minimum absolute atomic E-state index is 0.944. The molecule has 0 unspecified atom stereocenters. The smallest absolute Gasteiger partial charge is 0.0787 e. The van der Waals surface area contributed by atoms with Crippen molar-refractivity contribution in [2.75, 3.05) is 19.0 Å². The van der Waals surface area contributed by atoms with Crippen LogP contribution in [-0.4, -0.2) is 19.8 Å². The highest BCUT2D eigenvalue weighted by atomic mass is 15.1. The van der Waals surface area contributed by atoms with Crippen molar-refractivity contribution >= 4 is 28.7 Å². The number of rotatable bonds is 6. The summed E-state index contributed by atoms with van der Waals surface area (Å²) in [5.74, 6) is 0. The van der Waals surface area contributed by atoms with Gasteiger partial charge >= 0.3 is 0 Å². The topological polar surface area (TPSA) is 15.6 Å². The van der Waals surface area contributed by atoms with E-state index in [-0.39, 0.29) is 0 Å². The molecule has 4 aromatic carbocycles. The van der Waals surface area contributed by atoms with Crippen LogP contribution in [0.25, 0.3) is 11.6 Å². The number of hydrogen-bond donors (Lipinski definition) is 0. The summed E-state index contributed by atoms with van der Waals surface area (Å²) in [6.07, 6.45) is 2.23. The van der Waals surface area contributed by atoms with Crippen molar-refractivity contribution in [1.29, 1.82) is 0 Å². The molecule has 4 aromatic rings. The van der Waals surface area contributed by atoms with Gasteiger partial charge in [-0.2, -0.15) is 0 Å². The Morgan fingerprint density at radius 2 is 1.22 bits per heavy atom. The molecule has 0 aliphatic heterocycles. The van der Waals surface area contributed by atoms with Gasteiger partial charge in [-0.25, -0.2) is 4.99 Å². The van der Waals surface area contributed by atoms with Gasteiger partial charge in [-0.15, -0.1) is 0 Å². The molecule has 0 aliphatic carbocycles. The van der Waals surface area contributed by atoms with Crippen LogP contribution in [0.2, 0.25) is 0 Å². The first-order chi connectivity index (χ1) is 15.6. The van der Waals surface area contributed by atoms with Crippen LogP contribution in [0.15, 0.2) is 114 Å². The Labute approximate surface area is 191 Å². The fraction of sp³-hybridized carbons (Fsp3) is 0.100. The summed E-state index contributed by atoms with van der Waals surface area (Å²) in [6.45, 7) is 2.10. The number of nitrogens with zero attached hydrogens (tertiary/aromatic N) is 2. The third-order valence-electron chi connectivity index (χ3n) is 5.38. The second kappa shape index (κ2) is 9.93.